The van der Waals surface area contributed by atoms with Gasteiger partial charge in [0.15, 0.2) is 0 Å². The average Bonchev–Trinajstić information content (AvgIpc) is 2.65. The van der Waals surface area contributed by atoms with Gasteiger partial charge < -0.3 is 15.3 Å². The predicted octanol–water partition coefficient (Wildman–Crippen LogP) is 3.08. The smallest absolute Gasteiger partial charge is 0.854 e. The standard InChI is InChI=1S/C10H7.3C4H9O.Ti/c1-2-6-10-8-4-3-7-9(10)5-1;3*1-2-3-4-5;/h1-7H;3*2-4H2,1H3;/q4*-1;+4. The molecule has 0 N–H and O–H groups in total. The van der Waals surface area contributed by atoms with Crippen molar-refractivity contribution in [1.82, 2.24) is 0 Å². The fraction of sp³-hybridized carbons (Fsp3) is 0.545. The van der Waals surface area contributed by atoms with E-state index in [1.807, 2.05) is 45.0 Å². The van der Waals surface area contributed by atoms with Gasteiger partial charge in [-0.1, -0.05) is 71.4 Å². The van der Waals surface area contributed by atoms with Gasteiger partial charge in [0.05, 0.1) is 0 Å². The van der Waals surface area contributed by atoms with Crippen LogP contribution in [0.1, 0.15) is 59.3 Å². The summed E-state index contributed by atoms with van der Waals surface area (Å²) in [6, 6.07) is 17.4. The van der Waals surface area contributed by atoms with E-state index >= 15 is 0 Å². The van der Waals surface area contributed by atoms with Crippen molar-refractivity contribution in [3.8, 4) is 0 Å². The first kappa shape index (κ1) is 30.0. The fourth-order valence-electron chi connectivity index (χ4n) is 1.50. The summed E-state index contributed by atoms with van der Waals surface area (Å²) in [5, 5.41) is 31.0. The van der Waals surface area contributed by atoms with Crippen molar-refractivity contribution in [2.24, 2.45) is 0 Å². The van der Waals surface area contributed by atoms with Crippen LogP contribution >= 0.6 is 0 Å². The molecule has 0 radical (unpaired) electrons. The molecule has 0 saturated carbocycles. The fourth-order valence-corrected chi connectivity index (χ4v) is 1.50. The second-order valence-electron chi connectivity index (χ2n) is 5.43. The Morgan fingerprint density at radius 2 is 1.12 bits per heavy atom. The topological polar surface area (TPSA) is 69.2 Å². The number of hydrogen-bond donors (Lipinski definition) is 0. The third-order valence-electron chi connectivity index (χ3n) is 3.07. The molecule has 4 heteroatoms. The van der Waals surface area contributed by atoms with Crippen LogP contribution in [-0.2, 0) is 21.7 Å². The summed E-state index contributed by atoms with van der Waals surface area (Å²) in [6.45, 7) is 6.32. The van der Waals surface area contributed by atoms with Crippen LogP contribution in [0.25, 0.3) is 10.8 Å². The summed E-state index contributed by atoms with van der Waals surface area (Å²) in [5.41, 5.74) is 0. The molecule has 0 fully saturated rings. The summed E-state index contributed by atoms with van der Waals surface area (Å²) in [4.78, 5) is 0. The van der Waals surface area contributed by atoms with Gasteiger partial charge in [0.25, 0.3) is 0 Å². The molecule has 0 saturated heterocycles. The van der Waals surface area contributed by atoms with Gasteiger partial charge in [-0.05, 0) is 0 Å². The SMILES string of the molecule is CCCC[O-].CCCC[O-].CCCC[O-].[Ti+4].[c-]1cccc2ccccc12. The summed E-state index contributed by atoms with van der Waals surface area (Å²) >= 11 is 0. The van der Waals surface area contributed by atoms with Crippen molar-refractivity contribution in [2.75, 3.05) is 19.8 Å². The van der Waals surface area contributed by atoms with Gasteiger partial charge in [0, 0.05) is 0 Å². The van der Waals surface area contributed by atoms with Gasteiger partial charge in [-0.25, -0.2) is 0 Å². The molecule has 0 spiro atoms. The van der Waals surface area contributed by atoms with Crippen LogP contribution in [0.3, 0.4) is 0 Å². The zero-order valence-electron chi connectivity index (χ0n) is 16.6. The van der Waals surface area contributed by atoms with Crippen molar-refractivity contribution in [2.45, 2.75) is 59.3 Å². The number of hydrogen-bond acceptors (Lipinski definition) is 3. The van der Waals surface area contributed by atoms with Crippen LogP contribution in [0.4, 0.5) is 0 Å². The molecule has 0 aliphatic rings. The van der Waals surface area contributed by atoms with E-state index in [0.29, 0.717) is 0 Å². The third-order valence-corrected chi connectivity index (χ3v) is 3.07. The minimum absolute atomic E-state index is 0. The van der Waals surface area contributed by atoms with E-state index in [1.54, 1.807) is 0 Å². The molecule has 0 atom stereocenters. The van der Waals surface area contributed by atoms with Crippen molar-refractivity contribution < 1.29 is 37.0 Å². The van der Waals surface area contributed by atoms with E-state index in [2.05, 4.69) is 24.3 Å². The molecule has 0 aliphatic heterocycles. The first-order chi connectivity index (χ1) is 12.2. The number of unbranched alkanes of at least 4 members (excludes halogenated alkanes) is 3. The van der Waals surface area contributed by atoms with Crippen molar-refractivity contribution in [1.29, 1.82) is 0 Å². The third kappa shape index (κ3) is 21.3. The van der Waals surface area contributed by atoms with Crippen molar-refractivity contribution in [3.63, 3.8) is 0 Å². The average molecular weight is 394 g/mol. The molecule has 2 rings (SSSR count). The number of fused-ring (bicyclic) bond motifs is 1. The Hall–Kier alpha value is -0.706. The maximum absolute atomic E-state index is 9.53. The van der Waals surface area contributed by atoms with Gasteiger partial charge in [-0.2, -0.15) is 0 Å². The van der Waals surface area contributed by atoms with E-state index in [0.717, 1.165) is 38.5 Å². The molecule has 3 nitrogen and oxygen atoms in total. The monoisotopic (exact) mass is 394 g/mol. The van der Waals surface area contributed by atoms with Gasteiger partial charge in [-0.3, -0.25) is 0 Å². The van der Waals surface area contributed by atoms with Gasteiger partial charge in [0.2, 0.25) is 0 Å². The molecule has 0 bridgehead atoms. The first-order valence-corrected chi connectivity index (χ1v) is 9.31. The Labute approximate surface area is 175 Å². The zero-order valence-corrected chi connectivity index (χ0v) is 18.2. The molecule has 0 aromatic heterocycles. The molecule has 2 aromatic carbocycles. The number of rotatable bonds is 6. The Balaban J connectivity index is -0.000000290. The molecular formula is C22H34O3Ti. The van der Waals surface area contributed by atoms with Crippen molar-refractivity contribution >= 4 is 10.8 Å². The summed E-state index contributed by atoms with van der Waals surface area (Å²) in [7, 11) is 0. The Morgan fingerprint density at radius 1 is 0.692 bits per heavy atom. The molecule has 26 heavy (non-hydrogen) atoms. The molecule has 144 valence electrons. The quantitative estimate of drug-likeness (QED) is 0.559. The zero-order chi connectivity index (χ0) is 19.2. The largest absolute Gasteiger partial charge is 4.00 e. The van der Waals surface area contributed by atoms with E-state index in [9.17, 15) is 15.3 Å². The van der Waals surface area contributed by atoms with Crippen LogP contribution in [0.2, 0.25) is 0 Å². The Kier molecular flexibility index (Phi) is 30.6. The van der Waals surface area contributed by atoms with E-state index in [1.165, 1.54) is 10.8 Å². The van der Waals surface area contributed by atoms with E-state index in [4.69, 9.17) is 0 Å². The number of benzene rings is 2. The Morgan fingerprint density at radius 3 is 1.46 bits per heavy atom. The summed E-state index contributed by atoms with van der Waals surface area (Å²) in [5.74, 6) is 0. The molecule has 0 aliphatic carbocycles. The van der Waals surface area contributed by atoms with Crippen LogP contribution in [-0.4, -0.2) is 19.8 Å². The molecule has 0 amide bonds. The van der Waals surface area contributed by atoms with Crippen LogP contribution < -0.4 is 15.3 Å². The molecule has 0 unspecified atom stereocenters. The van der Waals surface area contributed by atoms with Crippen LogP contribution in [0.5, 0.6) is 0 Å². The Bertz CT molecular complexity index is 392. The summed E-state index contributed by atoms with van der Waals surface area (Å²) < 4.78 is 0. The van der Waals surface area contributed by atoms with Gasteiger partial charge >= 0.3 is 21.7 Å². The van der Waals surface area contributed by atoms with E-state index < -0.39 is 0 Å². The predicted molar refractivity (Wildman–Crippen MR) is 102 cm³/mol. The van der Waals surface area contributed by atoms with Gasteiger partial charge in [-0.15, -0.1) is 67.0 Å². The normalized spacial score (nSPS) is 8.69. The maximum atomic E-state index is 9.53. The molecule has 2 aromatic rings. The van der Waals surface area contributed by atoms with Crippen LogP contribution in [0.15, 0.2) is 42.5 Å². The first-order valence-electron chi connectivity index (χ1n) is 9.31. The second-order valence-corrected chi connectivity index (χ2v) is 5.43. The second kappa shape index (κ2) is 26.5. The summed E-state index contributed by atoms with van der Waals surface area (Å²) in [6.07, 6.45) is 5.59. The van der Waals surface area contributed by atoms with Gasteiger partial charge in [0.1, 0.15) is 0 Å². The molecular weight excluding hydrogens is 360 g/mol. The minimum atomic E-state index is 0. The maximum Gasteiger partial charge on any atom is 4.00 e. The van der Waals surface area contributed by atoms with Crippen molar-refractivity contribution in [3.05, 3.63) is 48.5 Å². The minimum Gasteiger partial charge on any atom is -0.854 e. The molecule has 0 heterocycles. The van der Waals surface area contributed by atoms with Crippen LogP contribution in [0, 0.1) is 6.07 Å². The van der Waals surface area contributed by atoms with E-state index in [-0.39, 0.29) is 41.5 Å².